The van der Waals surface area contributed by atoms with Crippen LogP contribution < -0.4 is 14.9 Å². The van der Waals surface area contributed by atoms with E-state index >= 15 is 0 Å². The van der Waals surface area contributed by atoms with Crippen LogP contribution in [0.1, 0.15) is 23.5 Å². The van der Waals surface area contributed by atoms with E-state index in [0.717, 1.165) is 0 Å². The molecule has 7 heteroatoms. The standard InChI is InChI=1S/C25H18O7/c1-30-17-10-6-5-9-14(17)15-11-19(27)32-25-20(15)24-21(22(28)23(25)29)16(26)12-18(31-24)13-7-3-2-4-8-13/h2-10,12,15,28-29H,11H2,1H3/t15-/m1/s1. The van der Waals surface area contributed by atoms with Gasteiger partial charge in [0.1, 0.15) is 22.5 Å². The summed E-state index contributed by atoms with van der Waals surface area (Å²) in [5.41, 5.74) is 1.14. The van der Waals surface area contributed by atoms with Crippen LogP contribution in [0.3, 0.4) is 0 Å². The summed E-state index contributed by atoms with van der Waals surface area (Å²) in [6.07, 6.45) is -0.0635. The quantitative estimate of drug-likeness (QED) is 0.283. The Morgan fingerprint density at radius 1 is 0.969 bits per heavy atom. The minimum absolute atomic E-state index is 0.0464. The number of carbonyl (C=O) groups is 1. The van der Waals surface area contributed by atoms with Gasteiger partial charge in [0, 0.05) is 23.1 Å². The van der Waals surface area contributed by atoms with Crippen LogP contribution in [-0.4, -0.2) is 23.3 Å². The van der Waals surface area contributed by atoms with Gasteiger partial charge in [0.15, 0.2) is 16.9 Å². The predicted molar refractivity (Wildman–Crippen MR) is 116 cm³/mol. The van der Waals surface area contributed by atoms with E-state index in [-0.39, 0.29) is 28.9 Å². The number of phenolic OH excluding ortho intramolecular Hbond substituents is 2. The number of hydrogen-bond donors (Lipinski definition) is 2. The van der Waals surface area contributed by atoms with Gasteiger partial charge < -0.3 is 24.1 Å². The van der Waals surface area contributed by atoms with Crippen molar-refractivity contribution in [2.75, 3.05) is 7.11 Å². The lowest BCUT2D eigenvalue weighted by Crippen LogP contribution is -2.22. The zero-order valence-electron chi connectivity index (χ0n) is 17.0. The lowest BCUT2D eigenvalue weighted by molar-refractivity contribution is -0.135. The topological polar surface area (TPSA) is 106 Å². The van der Waals surface area contributed by atoms with Gasteiger partial charge in [-0.2, -0.15) is 0 Å². The summed E-state index contributed by atoms with van der Waals surface area (Å²) in [4.78, 5) is 25.4. The van der Waals surface area contributed by atoms with E-state index in [0.29, 0.717) is 22.4 Å². The molecule has 0 saturated heterocycles. The maximum Gasteiger partial charge on any atom is 0.312 e. The first kappa shape index (κ1) is 19.7. The molecule has 1 atom stereocenters. The molecule has 32 heavy (non-hydrogen) atoms. The highest BCUT2D eigenvalue weighted by atomic mass is 16.5. The molecule has 1 aliphatic rings. The van der Waals surface area contributed by atoms with E-state index in [1.54, 1.807) is 36.4 Å². The summed E-state index contributed by atoms with van der Waals surface area (Å²) in [5, 5.41) is 21.0. The van der Waals surface area contributed by atoms with Crippen LogP contribution >= 0.6 is 0 Å². The number of carbonyl (C=O) groups excluding carboxylic acids is 1. The van der Waals surface area contributed by atoms with E-state index in [1.165, 1.54) is 13.2 Å². The number of fused-ring (bicyclic) bond motifs is 3. The lowest BCUT2D eigenvalue weighted by atomic mass is 9.84. The van der Waals surface area contributed by atoms with Gasteiger partial charge in [-0.05, 0) is 6.07 Å². The number of hydrogen-bond acceptors (Lipinski definition) is 7. The largest absolute Gasteiger partial charge is 0.504 e. The molecule has 0 radical (unpaired) electrons. The predicted octanol–water partition coefficient (Wildman–Crippen LogP) is 4.32. The summed E-state index contributed by atoms with van der Waals surface area (Å²) in [6.45, 7) is 0. The highest BCUT2D eigenvalue weighted by Crippen LogP contribution is 2.53. The first-order chi connectivity index (χ1) is 15.5. The molecule has 2 N–H and O–H groups in total. The van der Waals surface area contributed by atoms with Gasteiger partial charge in [0.25, 0.3) is 0 Å². The third-order valence-corrected chi connectivity index (χ3v) is 5.62. The van der Waals surface area contributed by atoms with E-state index in [1.807, 2.05) is 18.2 Å². The van der Waals surface area contributed by atoms with E-state index in [4.69, 9.17) is 13.9 Å². The molecule has 0 bridgehead atoms. The monoisotopic (exact) mass is 430 g/mol. The molecule has 0 saturated carbocycles. The second kappa shape index (κ2) is 7.46. The van der Waals surface area contributed by atoms with E-state index < -0.39 is 28.8 Å². The second-order valence-electron chi connectivity index (χ2n) is 7.46. The minimum atomic E-state index is -0.694. The van der Waals surface area contributed by atoms with E-state index in [9.17, 15) is 19.8 Å². The number of methoxy groups -OCH3 is 1. The number of esters is 1. The van der Waals surface area contributed by atoms with Gasteiger partial charge >= 0.3 is 5.97 Å². The smallest absolute Gasteiger partial charge is 0.312 e. The zero-order chi connectivity index (χ0) is 22.4. The summed E-state index contributed by atoms with van der Waals surface area (Å²) >= 11 is 0. The van der Waals surface area contributed by atoms with Crippen molar-refractivity contribution in [1.29, 1.82) is 0 Å². The summed E-state index contributed by atoms with van der Waals surface area (Å²) in [5.74, 6) is -2.02. The van der Waals surface area contributed by atoms with Crippen molar-refractivity contribution in [3.63, 3.8) is 0 Å². The normalized spacial score (nSPS) is 15.3. The molecule has 3 aromatic carbocycles. The molecular weight excluding hydrogens is 412 g/mol. The number of ether oxygens (including phenoxy) is 2. The molecule has 0 fully saturated rings. The number of aromatic hydroxyl groups is 2. The van der Waals surface area contributed by atoms with Crippen LogP contribution in [-0.2, 0) is 4.79 Å². The number of phenols is 2. The lowest BCUT2D eigenvalue weighted by Gasteiger charge is -2.27. The fourth-order valence-electron chi connectivity index (χ4n) is 4.17. The Bertz CT molecular complexity index is 1420. The molecule has 0 aliphatic carbocycles. The minimum Gasteiger partial charge on any atom is -0.504 e. The van der Waals surface area contributed by atoms with Crippen molar-refractivity contribution in [2.45, 2.75) is 12.3 Å². The summed E-state index contributed by atoms with van der Waals surface area (Å²) in [7, 11) is 1.51. The van der Waals surface area contributed by atoms with Crippen molar-refractivity contribution in [3.8, 4) is 34.3 Å². The highest BCUT2D eigenvalue weighted by Gasteiger charge is 2.37. The molecule has 0 unspecified atom stereocenters. The average Bonchev–Trinajstić information content (AvgIpc) is 2.82. The number of benzene rings is 3. The molecule has 0 amide bonds. The third-order valence-electron chi connectivity index (χ3n) is 5.62. The summed E-state index contributed by atoms with van der Waals surface area (Å²) in [6, 6.07) is 17.4. The van der Waals surface area contributed by atoms with Gasteiger partial charge in [-0.15, -0.1) is 0 Å². The van der Waals surface area contributed by atoms with Crippen LogP contribution in [0.4, 0.5) is 0 Å². The molecule has 7 nitrogen and oxygen atoms in total. The molecule has 160 valence electrons. The Hall–Kier alpha value is -4.26. The first-order valence-electron chi connectivity index (χ1n) is 9.94. The van der Waals surface area contributed by atoms with Gasteiger partial charge in [-0.3, -0.25) is 9.59 Å². The maximum absolute atomic E-state index is 13.0. The molecular formula is C25H18O7. The molecule has 2 heterocycles. The van der Waals surface area contributed by atoms with Crippen LogP contribution in [0, 0.1) is 0 Å². The van der Waals surface area contributed by atoms with Crippen molar-refractivity contribution in [1.82, 2.24) is 0 Å². The first-order valence-corrected chi connectivity index (χ1v) is 9.94. The van der Waals surface area contributed by atoms with Crippen molar-refractivity contribution < 1.29 is 28.9 Å². The summed E-state index contributed by atoms with van der Waals surface area (Å²) < 4.78 is 16.9. The Morgan fingerprint density at radius 3 is 2.44 bits per heavy atom. The Balaban J connectivity index is 1.89. The molecule has 5 rings (SSSR count). The van der Waals surface area contributed by atoms with Crippen LogP contribution in [0.15, 0.2) is 69.9 Å². The van der Waals surface area contributed by atoms with Crippen molar-refractivity contribution in [2.24, 2.45) is 0 Å². The number of rotatable bonds is 3. The third kappa shape index (κ3) is 2.98. The van der Waals surface area contributed by atoms with Crippen molar-refractivity contribution in [3.05, 3.63) is 82.0 Å². The maximum atomic E-state index is 13.0. The van der Waals surface area contributed by atoms with Gasteiger partial charge in [0.2, 0.25) is 5.75 Å². The van der Waals surface area contributed by atoms with Gasteiger partial charge in [0.05, 0.1) is 19.1 Å². The molecule has 4 aromatic rings. The fraction of sp³-hybridized carbons (Fsp3) is 0.120. The molecule has 1 aliphatic heterocycles. The van der Waals surface area contributed by atoms with Crippen molar-refractivity contribution >= 4 is 16.9 Å². The van der Waals surface area contributed by atoms with Crippen LogP contribution in [0.2, 0.25) is 0 Å². The van der Waals surface area contributed by atoms with Gasteiger partial charge in [-0.25, -0.2) is 0 Å². The SMILES string of the molecule is COc1ccccc1[C@H]1CC(=O)Oc2c(O)c(O)c3c(=O)cc(-c4ccccc4)oc3c21. The van der Waals surface area contributed by atoms with E-state index in [2.05, 4.69) is 0 Å². The average molecular weight is 430 g/mol. The Labute approximate surface area is 182 Å². The number of para-hydroxylation sites is 1. The Kier molecular flexibility index (Phi) is 4.59. The Morgan fingerprint density at radius 2 is 1.69 bits per heavy atom. The second-order valence-corrected chi connectivity index (χ2v) is 7.46. The zero-order valence-corrected chi connectivity index (χ0v) is 17.0. The molecule has 1 aromatic heterocycles. The highest BCUT2D eigenvalue weighted by molar-refractivity contribution is 5.96. The fourth-order valence-corrected chi connectivity index (χ4v) is 4.17. The van der Waals surface area contributed by atoms with Gasteiger partial charge in [-0.1, -0.05) is 48.5 Å². The molecule has 0 spiro atoms. The van der Waals surface area contributed by atoms with Crippen LogP contribution in [0.25, 0.3) is 22.3 Å². The van der Waals surface area contributed by atoms with Crippen LogP contribution in [0.5, 0.6) is 23.0 Å².